The highest BCUT2D eigenvalue weighted by atomic mass is 32.1. The van der Waals surface area contributed by atoms with Crippen molar-refractivity contribution in [1.29, 1.82) is 0 Å². The molecule has 1 N–H and O–H groups in total. The van der Waals surface area contributed by atoms with E-state index in [9.17, 15) is 0 Å². The van der Waals surface area contributed by atoms with E-state index in [1.165, 1.54) is 0 Å². The van der Waals surface area contributed by atoms with E-state index in [-0.39, 0.29) is 6.04 Å². The smallest absolute Gasteiger partial charge is 0.121 e. The zero-order valence-corrected chi connectivity index (χ0v) is 11.3. The van der Waals surface area contributed by atoms with Crippen molar-refractivity contribution in [3.8, 4) is 0 Å². The molecule has 2 rings (SSSR count). The van der Waals surface area contributed by atoms with Crippen LogP contribution in [0.1, 0.15) is 35.2 Å². The summed E-state index contributed by atoms with van der Waals surface area (Å²) >= 11 is 1.69. The van der Waals surface area contributed by atoms with Crippen molar-refractivity contribution in [3.63, 3.8) is 0 Å². The standard InChI is InChI=1S/C13H18N2OS/c1-4-11-5-6-13(16-11)12(14-3)7-10-8-17-9(2)15-10/h5-6,8,12,14H,4,7H2,1-3H3. The summed E-state index contributed by atoms with van der Waals surface area (Å²) in [5.74, 6) is 2.03. The molecular formula is C13H18N2OS. The average molecular weight is 250 g/mol. The number of likely N-dealkylation sites (N-methyl/N-ethyl adjacent to an activating group) is 1. The molecule has 0 fully saturated rings. The Kier molecular flexibility index (Phi) is 3.97. The van der Waals surface area contributed by atoms with Crippen molar-refractivity contribution in [2.24, 2.45) is 0 Å². The summed E-state index contributed by atoms with van der Waals surface area (Å²) in [7, 11) is 1.96. The summed E-state index contributed by atoms with van der Waals surface area (Å²) in [5, 5.41) is 6.51. The first-order chi connectivity index (χ1) is 8.22. The van der Waals surface area contributed by atoms with Crippen molar-refractivity contribution >= 4 is 11.3 Å². The van der Waals surface area contributed by atoms with Gasteiger partial charge in [-0.15, -0.1) is 11.3 Å². The molecule has 92 valence electrons. The van der Waals surface area contributed by atoms with Crippen molar-refractivity contribution in [1.82, 2.24) is 10.3 Å². The van der Waals surface area contributed by atoms with E-state index in [0.29, 0.717) is 0 Å². The number of rotatable bonds is 5. The van der Waals surface area contributed by atoms with Crippen LogP contribution in [-0.2, 0) is 12.8 Å². The molecule has 0 saturated carbocycles. The number of thiazole rings is 1. The highest BCUT2D eigenvalue weighted by molar-refractivity contribution is 7.09. The Bertz CT molecular complexity index is 475. The van der Waals surface area contributed by atoms with Crippen molar-refractivity contribution < 1.29 is 4.42 Å². The molecule has 2 aromatic heterocycles. The molecule has 0 aliphatic heterocycles. The van der Waals surface area contributed by atoms with Crippen LogP contribution in [0.25, 0.3) is 0 Å². The number of hydrogen-bond donors (Lipinski definition) is 1. The van der Waals surface area contributed by atoms with Gasteiger partial charge in [0, 0.05) is 18.2 Å². The molecular weight excluding hydrogens is 232 g/mol. The van der Waals surface area contributed by atoms with Gasteiger partial charge in [-0.25, -0.2) is 4.98 Å². The largest absolute Gasteiger partial charge is 0.464 e. The second-order valence-corrected chi connectivity index (χ2v) is 5.12. The first-order valence-corrected chi connectivity index (χ1v) is 6.77. The lowest BCUT2D eigenvalue weighted by atomic mass is 10.1. The molecule has 0 spiro atoms. The topological polar surface area (TPSA) is 38.1 Å². The van der Waals surface area contributed by atoms with Crippen molar-refractivity contribution in [2.45, 2.75) is 32.7 Å². The summed E-state index contributed by atoms with van der Waals surface area (Å²) in [4.78, 5) is 4.49. The summed E-state index contributed by atoms with van der Waals surface area (Å²) < 4.78 is 5.78. The van der Waals surface area contributed by atoms with Gasteiger partial charge in [-0.2, -0.15) is 0 Å². The van der Waals surface area contributed by atoms with Gasteiger partial charge in [0.05, 0.1) is 16.7 Å². The molecule has 0 amide bonds. The number of aromatic nitrogens is 1. The normalized spacial score (nSPS) is 12.9. The lowest BCUT2D eigenvalue weighted by Crippen LogP contribution is -2.18. The van der Waals surface area contributed by atoms with Crippen LogP contribution in [0.4, 0.5) is 0 Å². The van der Waals surface area contributed by atoms with E-state index < -0.39 is 0 Å². The number of aryl methyl sites for hydroxylation is 2. The van der Waals surface area contributed by atoms with Gasteiger partial charge in [-0.05, 0) is 26.1 Å². The summed E-state index contributed by atoms with van der Waals surface area (Å²) in [6.45, 7) is 4.13. The Labute approximate surface area is 106 Å². The van der Waals surface area contributed by atoms with E-state index in [0.717, 1.165) is 35.1 Å². The minimum atomic E-state index is 0.205. The minimum absolute atomic E-state index is 0.205. The fourth-order valence-corrected chi connectivity index (χ4v) is 2.45. The Hall–Kier alpha value is -1.13. The van der Waals surface area contributed by atoms with E-state index in [1.807, 2.05) is 20.0 Å². The molecule has 1 unspecified atom stereocenters. The average Bonchev–Trinajstić information content (AvgIpc) is 2.94. The second-order valence-electron chi connectivity index (χ2n) is 4.06. The molecule has 0 aromatic carbocycles. The fraction of sp³-hybridized carbons (Fsp3) is 0.462. The molecule has 0 radical (unpaired) electrons. The third-order valence-corrected chi connectivity index (χ3v) is 3.62. The molecule has 17 heavy (non-hydrogen) atoms. The lowest BCUT2D eigenvalue weighted by molar-refractivity contribution is 0.405. The monoisotopic (exact) mass is 250 g/mol. The summed E-state index contributed by atoms with van der Waals surface area (Å²) in [6.07, 6.45) is 1.81. The van der Waals surface area contributed by atoms with Crippen molar-refractivity contribution in [2.75, 3.05) is 7.05 Å². The zero-order chi connectivity index (χ0) is 12.3. The number of hydrogen-bond acceptors (Lipinski definition) is 4. The summed E-state index contributed by atoms with van der Waals surface area (Å²) in [6, 6.07) is 4.31. The fourth-order valence-electron chi connectivity index (χ4n) is 1.83. The molecule has 0 aliphatic rings. The van der Waals surface area contributed by atoms with Gasteiger partial charge in [0.2, 0.25) is 0 Å². The van der Waals surface area contributed by atoms with Gasteiger partial charge in [0.1, 0.15) is 11.5 Å². The molecule has 1 atom stereocenters. The Morgan fingerprint density at radius 3 is 2.82 bits per heavy atom. The van der Waals surface area contributed by atoms with Crippen LogP contribution in [0.5, 0.6) is 0 Å². The van der Waals surface area contributed by atoms with E-state index in [4.69, 9.17) is 4.42 Å². The van der Waals surface area contributed by atoms with Crippen LogP contribution < -0.4 is 5.32 Å². The molecule has 2 aromatic rings. The van der Waals surface area contributed by atoms with E-state index in [2.05, 4.69) is 28.7 Å². The maximum absolute atomic E-state index is 5.78. The van der Waals surface area contributed by atoms with Crippen LogP contribution in [0.3, 0.4) is 0 Å². The maximum Gasteiger partial charge on any atom is 0.121 e. The predicted octanol–water partition coefficient (Wildman–Crippen LogP) is 3.11. The third-order valence-electron chi connectivity index (χ3n) is 2.80. The maximum atomic E-state index is 5.78. The molecule has 4 heteroatoms. The van der Waals surface area contributed by atoms with Crippen molar-refractivity contribution in [3.05, 3.63) is 39.7 Å². The van der Waals surface area contributed by atoms with Crippen LogP contribution >= 0.6 is 11.3 Å². The summed E-state index contributed by atoms with van der Waals surface area (Å²) in [5.41, 5.74) is 1.13. The van der Waals surface area contributed by atoms with Crippen LogP contribution in [0.15, 0.2) is 21.9 Å². The van der Waals surface area contributed by atoms with E-state index in [1.54, 1.807) is 11.3 Å². The minimum Gasteiger partial charge on any atom is -0.464 e. The first-order valence-electron chi connectivity index (χ1n) is 5.89. The van der Waals surface area contributed by atoms with Gasteiger partial charge >= 0.3 is 0 Å². The number of furan rings is 1. The Morgan fingerprint density at radius 1 is 1.47 bits per heavy atom. The highest BCUT2D eigenvalue weighted by Gasteiger charge is 2.15. The number of nitrogens with zero attached hydrogens (tertiary/aromatic N) is 1. The predicted molar refractivity (Wildman–Crippen MR) is 70.4 cm³/mol. The molecule has 3 nitrogen and oxygen atoms in total. The van der Waals surface area contributed by atoms with Gasteiger partial charge in [-0.3, -0.25) is 0 Å². The molecule has 2 heterocycles. The highest BCUT2D eigenvalue weighted by Crippen LogP contribution is 2.21. The quantitative estimate of drug-likeness (QED) is 0.886. The zero-order valence-electron chi connectivity index (χ0n) is 10.5. The Morgan fingerprint density at radius 2 is 2.29 bits per heavy atom. The molecule has 0 saturated heterocycles. The Balaban J connectivity index is 2.10. The first kappa shape index (κ1) is 12.3. The number of nitrogens with one attached hydrogen (secondary N) is 1. The molecule has 0 bridgehead atoms. The van der Waals surface area contributed by atoms with Gasteiger partial charge in [0.15, 0.2) is 0 Å². The van der Waals surface area contributed by atoms with E-state index >= 15 is 0 Å². The van der Waals surface area contributed by atoms with Crippen LogP contribution in [0, 0.1) is 6.92 Å². The lowest BCUT2D eigenvalue weighted by Gasteiger charge is -2.11. The third kappa shape index (κ3) is 2.96. The van der Waals surface area contributed by atoms with Crippen LogP contribution in [0.2, 0.25) is 0 Å². The van der Waals surface area contributed by atoms with Gasteiger partial charge < -0.3 is 9.73 Å². The molecule has 0 aliphatic carbocycles. The van der Waals surface area contributed by atoms with Crippen LogP contribution in [-0.4, -0.2) is 12.0 Å². The SMILES string of the molecule is CCc1ccc(C(Cc2csc(C)n2)NC)o1. The van der Waals surface area contributed by atoms with Gasteiger partial charge in [-0.1, -0.05) is 6.92 Å². The second kappa shape index (κ2) is 5.47. The van der Waals surface area contributed by atoms with Gasteiger partial charge in [0.25, 0.3) is 0 Å².